The molecule has 0 unspecified atom stereocenters. The molecule has 0 aliphatic carbocycles. The fourth-order valence-corrected chi connectivity index (χ4v) is 8.31. The molecule has 2 nitrogen and oxygen atoms in total. The van der Waals surface area contributed by atoms with Crippen molar-refractivity contribution in [1.82, 2.24) is 0 Å². The minimum absolute atomic E-state index is 0.0150. The molecule has 0 bridgehead atoms. The fraction of sp³-hybridized carbons (Fsp3) is 0.304. The average Bonchev–Trinajstić information content (AvgIpc) is 3.04. The summed E-state index contributed by atoms with van der Waals surface area (Å²) in [4.78, 5) is 0. The van der Waals surface area contributed by atoms with E-state index in [1.807, 2.05) is 13.0 Å². The van der Waals surface area contributed by atoms with Gasteiger partial charge in [-0.05, 0) is 40.4 Å². The van der Waals surface area contributed by atoms with Gasteiger partial charge in [0, 0.05) is 6.61 Å². The molecule has 26 heavy (non-hydrogen) atoms. The molecule has 3 aromatic rings. The van der Waals surface area contributed by atoms with Crippen molar-refractivity contribution in [3.8, 4) is 0 Å². The summed E-state index contributed by atoms with van der Waals surface area (Å²) in [5, 5.41) is 2.66. The third kappa shape index (κ3) is 3.55. The largest absolute Gasteiger partial charge is 0.469 e. The summed E-state index contributed by atoms with van der Waals surface area (Å²) >= 11 is 0. The van der Waals surface area contributed by atoms with Gasteiger partial charge in [-0.25, -0.2) is 0 Å². The van der Waals surface area contributed by atoms with Crippen molar-refractivity contribution < 1.29 is 8.84 Å². The van der Waals surface area contributed by atoms with Gasteiger partial charge >= 0.3 is 0 Å². The van der Waals surface area contributed by atoms with Crippen LogP contribution in [0.5, 0.6) is 0 Å². The highest BCUT2D eigenvalue weighted by molar-refractivity contribution is 6.99. The molecule has 3 rings (SSSR count). The van der Waals surface area contributed by atoms with Crippen LogP contribution in [0.15, 0.2) is 77.4 Å². The van der Waals surface area contributed by atoms with Gasteiger partial charge in [-0.2, -0.15) is 0 Å². The highest BCUT2D eigenvalue weighted by atomic mass is 28.4. The molecule has 0 fully saturated rings. The fourth-order valence-electron chi connectivity index (χ4n) is 3.75. The van der Waals surface area contributed by atoms with Gasteiger partial charge in [0.05, 0.1) is 6.26 Å². The van der Waals surface area contributed by atoms with E-state index >= 15 is 0 Å². The zero-order chi connectivity index (χ0) is 18.6. The van der Waals surface area contributed by atoms with Crippen LogP contribution in [-0.2, 0) is 10.8 Å². The Morgan fingerprint density at radius 1 is 0.846 bits per heavy atom. The van der Waals surface area contributed by atoms with Gasteiger partial charge in [-0.3, -0.25) is 0 Å². The summed E-state index contributed by atoms with van der Waals surface area (Å²) in [5.74, 6) is 0.982. The lowest BCUT2D eigenvalue weighted by atomic mass is 10.2. The van der Waals surface area contributed by atoms with Crippen LogP contribution in [0, 0.1) is 6.92 Å². The number of rotatable bonds is 6. The molecular formula is C23H28O2Si. The summed E-state index contributed by atoms with van der Waals surface area (Å²) in [5.41, 5.74) is 1.22. The van der Waals surface area contributed by atoms with E-state index in [0.29, 0.717) is 6.61 Å². The topological polar surface area (TPSA) is 22.4 Å². The van der Waals surface area contributed by atoms with Crippen molar-refractivity contribution in [2.75, 3.05) is 6.61 Å². The smallest absolute Gasteiger partial charge is 0.261 e. The minimum atomic E-state index is -2.43. The van der Waals surface area contributed by atoms with E-state index in [4.69, 9.17) is 8.84 Å². The molecule has 1 heterocycles. The third-order valence-electron chi connectivity index (χ3n) is 5.07. The van der Waals surface area contributed by atoms with Crippen LogP contribution in [0.1, 0.15) is 32.1 Å². The first-order valence-electron chi connectivity index (χ1n) is 9.23. The number of aryl methyl sites for hydroxylation is 1. The molecule has 0 saturated heterocycles. The maximum atomic E-state index is 6.89. The third-order valence-corrected chi connectivity index (χ3v) is 10.1. The van der Waals surface area contributed by atoms with Crippen molar-refractivity contribution >= 4 is 18.7 Å². The summed E-state index contributed by atoms with van der Waals surface area (Å²) < 4.78 is 12.3. The molecule has 3 heteroatoms. The Hall–Kier alpha value is -2.10. The summed E-state index contributed by atoms with van der Waals surface area (Å²) in [6.07, 6.45) is 2.63. The molecule has 0 atom stereocenters. The lowest BCUT2D eigenvalue weighted by Gasteiger charge is -2.43. The Kier molecular flexibility index (Phi) is 5.49. The average molecular weight is 365 g/mol. The van der Waals surface area contributed by atoms with Crippen LogP contribution in [0.3, 0.4) is 0 Å². The van der Waals surface area contributed by atoms with Gasteiger partial charge in [0.1, 0.15) is 5.76 Å². The molecular weight excluding hydrogens is 336 g/mol. The molecule has 1 aromatic heterocycles. The molecule has 0 saturated carbocycles. The Morgan fingerprint density at radius 2 is 1.38 bits per heavy atom. The van der Waals surface area contributed by atoms with Gasteiger partial charge < -0.3 is 8.84 Å². The molecule has 0 N–H and O–H groups in total. The Morgan fingerprint density at radius 3 is 1.81 bits per heavy atom. The Balaban J connectivity index is 2.01. The normalized spacial score (nSPS) is 12.3. The van der Waals surface area contributed by atoms with E-state index in [9.17, 15) is 0 Å². The van der Waals surface area contributed by atoms with Crippen LogP contribution in [0.2, 0.25) is 5.04 Å². The van der Waals surface area contributed by atoms with Crippen LogP contribution in [0.25, 0.3) is 0 Å². The van der Waals surface area contributed by atoms with Crippen molar-refractivity contribution in [3.63, 3.8) is 0 Å². The van der Waals surface area contributed by atoms with E-state index in [1.54, 1.807) is 6.26 Å². The summed E-state index contributed by atoms with van der Waals surface area (Å²) in [6, 6.07) is 23.6. The first-order valence-corrected chi connectivity index (χ1v) is 11.1. The lowest BCUT2D eigenvalue weighted by molar-refractivity contribution is 0.301. The molecule has 0 aliphatic heterocycles. The van der Waals surface area contributed by atoms with Crippen LogP contribution in [0.4, 0.5) is 0 Å². The zero-order valence-electron chi connectivity index (χ0n) is 16.2. The number of furan rings is 1. The molecule has 0 amide bonds. The second-order valence-electron chi connectivity index (χ2n) is 7.76. The maximum Gasteiger partial charge on any atom is 0.261 e. The number of hydrogen-bond acceptors (Lipinski definition) is 2. The minimum Gasteiger partial charge on any atom is -0.469 e. The number of hydrogen-bond donors (Lipinski definition) is 0. The molecule has 2 aromatic carbocycles. The number of benzene rings is 2. The van der Waals surface area contributed by atoms with E-state index < -0.39 is 8.32 Å². The van der Waals surface area contributed by atoms with Crippen molar-refractivity contribution in [2.24, 2.45) is 0 Å². The molecule has 136 valence electrons. The van der Waals surface area contributed by atoms with Crippen LogP contribution in [-0.4, -0.2) is 14.9 Å². The van der Waals surface area contributed by atoms with E-state index in [0.717, 1.165) is 12.2 Å². The Bertz CT molecular complexity index is 777. The highest BCUT2D eigenvalue weighted by Gasteiger charge is 2.49. The van der Waals surface area contributed by atoms with Gasteiger partial charge in [-0.1, -0.05) is 81.4 Å². The molecule has 0 aliphatic rings. The molecule has 0 radical (unpaired) electrons. The Labute approximate surface area is 158 Å². The zero-order valence-corrected chi connectivity index (χ0v) is 17.2. The molecule has 0 spiro atoms. The second kappa shape index (κ2) is 7.64. The van der Waals surface area contributed by atoms with Gasteiger partial charge in [0.15, 0.2) is 0 Å². The highest BCUT2D eigenvalue weighted by Crippen LogP contribution is 2.36. The quantitative estimate of drug-likeness (QED) is 0.591. The predicted molar refractivity (Wildman–Crippen MR) is 111 cm³/mol. The van der Waals surface area contributed by atoms with E-state index in [-0.39, 0.29) is 5.04 Å². The van der Waals surface area contributed by atoms with Crippen molar-refractivity contribution in [3.05, 3.63) is 84.3 Å². The predicted octanol–water partition coefficient (Wildman–Crippen LogP) is 4.71. The van der Waals surface area contributed by atoms with Gasteiger partial charge in [0.25, 0.3) is 8.32 Å². The van der Waals surface area contributed by atoms with Crippen molar-refractivity contribution in [2.45, 2.75) is 39.2 Å². The van der Waals surface area contributed by atoms with Gasteiger partial charge in [0.2, 0.25) is 0 Å². The lowest BCUT2D eigenvalue weighted by Crippen LogP contribution is -2.66. The standard InChI is InChI=1S/C23H28O2Si/c1-19-20(15-17-24-19)16-18-25-26(23(2,3)4,21-11-7-5-8-12-21)22-13-9-6-10-14-22/h5-15,17H,16,18H2,1-4H3. The van der Waals surface area contributed by atoms with E-state index in [1.165, 1.54) is 15.9 Å². The monoisotopic (exact) mass is 364 g/mol. The second-order valence-corrected chi connectivity index (χ2v) is 12.1. The van der Waals surface area contributed by atoms with Crippen LogP contribution < -0.4 is 10.4 Å². The first-order chi connectivity index (χ1) is 12.4. The van der Waals surface area contributed by atoms with Crippen molar-refractivity contribution in [1.29, 1.82) is 0 Å². The summed E-state index contributed by atoms with van der Waals surface area (Å²) in [6.45, 7) is 9.62. The van der Waals surface area contributed by atoms with E-state index in [2.05, 4.69) is 81.4 Å². The SMILES string of the molecule is Cc1occc1CCO[Si](c1ccccc1)(c1ccccc1)C(C)(C)C. The summed E-state index contributed by atoms with van der Waals surface area (Å²) in [7, 11) is -2.43. The van der Waals surface area contributed by atoms with Gasteiger partial charge in [-0.15, -0.1) is 0 Å². The maximum absolute atomic E-state index is 6.89. The first kappa shape index (κ1) is 18.7. The van der Waals surface area contributed by atoms with Crippen LogP contribution >= 0.6 is 0 Å².